The SMILES string of the molecule is CCn1nccc1C(O)Cc1cc(Cl)ccc1F. The molecular weight excluding hydrogens is 255 g/mol. The van der Waals surface area contributed by atoms with Gasteiger partial charge in [-0.3, -0.25) is 4.68 Å². The van der Waals surface area contributed by atoms with E-state index in [1.165, 1.54) is 18.2 Å². The van der Waals surface area contributed by atoms with Crippen molar-refractivity contribution in [1.82, 2.24) is 9.78 Å². The van der Waals surface area contributed by atoms with E-state index in [-0.39, 0.29) is 12.2 Å². The lowest BCUT2D eigenvalue weighted by Crippen LogP contribution is -2.10. The Morgan fingerprint density at radius 3 is 2.94 bits per heavy atom. The highest BCUT2D eigenvalue weighted by molar-refractivity contribution is 6.30. The fourth-order valence-electron chi connectivity index (χ4n) is 1.90. The van der Waals surface area contributed by atoms with Gasteiger partial charge in [0.25, 0.3) is 0 Å². The van der Waals surface area contributed by atoms with Crippen LogP contribution in [0, 0.1) is 5.82 Å². The maximum absolute atomic E-state index is 13.6. The van der Waals surface area contributed by atoms with E-state index in [2.05, 4.69) is 5.10 Å². The quantitative estimate of drug-likeness (QED) is 0.926. The fraction of sp³-hybridized carbons (Fsp3) is 0.308. The molecule has 0 fully saturated rings. The number of rotatable bonds is 4. The van der Waals surface area contributed by atoms with E-state index in [0.29, 0.717) is 22.8 Å². The molecule has 1 aromatic heterocycles. The van der Waals surface area contributed by atoms with Crippen molar-refractivity contribution in [3.8, 4) is 0 Å². The summed E-state index contributed by atoms with van der Waals surface area (Å²) < 4.78 is 15.2. The lowest BCUT2D eigenvalue weighted by Gasteiger charge is -2.13. The van der Waals surface area contributed by atoms with E-state index in [9.17, 15) is 9.50 Å². The molecule has 0 bridgehead atoms. The standard InChI is InChI=1S/C13H14ClFN2O/c1-2-17-12(5-6-16-17)13(18)8-9-7-10(14)3-4-11(9)15/h3-7,13,18H,2,8H2,1H3. The summed E-state index contributed by atoms with van der Waals surface area (Å²) in [6.07, 6.45) is 1.01. The molecular formula is C13H14ClFN2O. The molecule has 2 aromatic rings. The van der Waals surface area contributed by atoms with E-state index in [1.807, 2.05) is 6.92 Å². The first-order chi connectivity index (χ1) is 8.61. The minimum absolute atomic E-state index is 0.179. The number of hydrogen-bond donors (Lipinski definition) is 1. The van der Waals surface area contributed by atoms with Gasteiger partial charge in [-0.15, -0.1) is 0 Å². The molecule has 1 unspecified atom stereocenters. The van der Waals surface area contributed by atoms with Crippen molar-refractivity contribution in [3.63, 3.8) is 0 Å². The first-order valence-electron chi connectivity index (χ1n) is 5.75. The molecule has 1 heterocycles. The zero-order chi connectivity index (χ0) is 13.1. The zero-order valence-corrected chi connectivity index (χ0v) is 10.7. The van der Waals surface area contributed by atoms with Crippen LogP contribution < -0.4 is 0 Å². The van der Waals surface area contributed by atoms with Gasteiger partial charge in [-0.2, -0.15) is 5.10 Å². The van der Waals surface area contributed by atoms with Crippen molar-refractivity contribution in [2.24, 2.45) is 0 Å². The van der Waals surface area contributed by atoms with Gasteiger partial charge in [0, 0.05) is 24.2 Å². The Labute approximate surface area is 110 Å². The number of aliphatic hydroxyl groups is 1. The summed E-state index contributed by atoms with van der Waals surface area (Å²) >= 11 is 5.82. The maximum atomic E-state index is 13.6. The van der Waals surface area contributed by atoms with Crippen LogP contribution in [-0.4, -0.2) is 14.9 Å². The van der Waals surface area contributed by atoms with Crippen molar-refractivity contribution >= 4 is 11.6 Å². The van der Waals surface area contributed by atoms with Crippen molar-refractivity contribution in [2.45, 2.75) is 26.0 Å². The summed E-state index contributed by atoms with van der Waals surface area (Å²) in [5.74, 6) is -0.360. The average molecular weight is 269 g/mol. The van der Waals surface area contributed by atoms with Gasteiger partial charge in [-0.25, -0.2) is 4.39 Å². The van der Waals surface area contributed by atoms with E-state index in [0.717, 1.165) is 0 Å². The van der Waals surface area contributed by atoms with Crippen LogP contribution in [0.3, 0.4) is 0 Å². The molecule has 5 heteroatoms. The summed E-state index contributed by atoms with van der Waals surface area (Å²) in [4.78, 5) is 0. The smallest absolute Gasteiger partial charge is 0.126 e. The lowest BCUT2D eigenvalue weighted by molar-refractivity contribution is 0.166. The van der Waals surface area contributed by atoms with E-state index in [4.69, 9.17) is 11.6 Å². The zero-order valence-electron chi connectivity index (χ0n) is 9.98. The summed E-state index contributed by atoms with van der Waals surface area (Å²) in [6.45, 7) is 2.60. The Morgan fingerprint density at radius 2 is 2.22 bits per heavy atom. The van der Waals surface area contributed by atoms with Crippen molar-refractivity contribution in [2.75, 3.05) is 0 Å². The van der Waals surface area contributed by atoms with Crippen LogP contribution in [0.4, 0.5) is 4.39 Å². The number of aryl methyl sites for hydroxylation is 1. The minimum Gasteiger partial charge on any atom is -0.386 e. The first kappa shape index (κ1) is 13.1. The second kappa shape index (κ2) is 5.50. The van der Waals surface area contributed by atoms with Crippen LogP contribution in [0.1, 0.15) is 24.3 Å². The first-order valence-corrected chi connectivity index (χ1v) is 6.13. The molecule has 0 saturated carbocycles. The monoisotopic (exact) mass is 268 g/mol. The molecule has 1 aromatic carbocycles. The van der Waals surface area contributed by atoms with E-state index in [1.54, 1.807) is 16.9 Å². The van der Waals surface area contributed by atoms with E-state index >= 15 is 0 Å². The normalized spacial score (nSPS) is 12.7. The highest BCUT2D eigenvalue weighted by Gasteiger charge is 2.15. The van der Waals surface area contributed by atoms with Crippen molar-refractivity contribution < 1.29 is 9.50 Å². The van der Waals surface area contributed by atoms with Crippen LogP contribution in [0.15, 0.2) is 30.5 Å². The Balaban J connectivity index is 2.21. The molecule has 0 spiro atoms. The largest absolute Gasteiger partial charge is 0.386 e. The van der Waals surface area contributed by atoms with Crippen LogP contribution in [0.2, 0.25) is 5.02 Å². The van der Waals surface area contributed by atoms with Crippen molar-refractivity contribution in [1.29, 1.82) is 0 Å². The van der Waals surface area contributed by atoms with E-state index < -0.39 is 6.10 Å². The van der Waals surface area contributed by atoms with Gasteiger partial charge in [0.2, 0.25) is 0 Å². The Morgan fingerprint density at radius 1 is 1.44 bits per heavy atom. The Hall–Kier alpha value is -1.39. The molecule has 1 N–H and O–H groups in total. The molecule has 0 amide bonds. The molecule has 2 rings (SSSR count). The maximum Gasteiger partial charge on any atom is 0.126 e. The van der Waals surface area contributed by atoms with Crippen LogP contribution >= 0.6 is 11.6 Å². The molecule has 1 atom stereocenters. The molecule has 0 saturated heterocycles. The van der Waals surface area contributed by atoms with Crippen LogP contribution in [0.25, 0.3) is 0 Å². The fourth-order valence-corrected chi connectivity index (χ4v) is 2.10. The van der Waals surface area contributed by atoms with Gasteiger partial charge >= 0.3 is 0 Å². The number of aromatic nitrogens is 2. The third-order valence-corrected chi connectivity index (χ3v) is 3.05. The Kier molecular flexibility index (Phi) is 3.99. The minimum atomic E-state index is -0.791. The van der Waals surface area contributed by atoms with Gasteiger partial charge < -0.3 is 5.11 Å². The van der Waals surface area contributed by atoms with Crippen LogP contribution in [-0.2, 0) is 13.0 Å². The number of aliphatic hydroxyl groups excluding tert-OH is 1. The Bertz CT molecular complexity index is 542. The summed E-state index contributed by atoms with van der Waals surface area (Å²) in [6, 6.07) is 6.06. The molecule has 0 aliphatic carbocycles. The molecule has 0 radical (unpaired) electrons. The molecule has 0 aliphatic rings. The highest BCUT2D eigenvalue weighted by atomic mass is 35.5. The average Bonchev–Trinajstić information content (AvgIpc) is 2.82. The summed E-state index contributed by atoms with van der Waals surface area (Å²) in [5.41, 5.74) is 1.08. The lowest BCUT2D eigenvalue weighted by atomic mass is 10.1. The third kappa shape index (κ3) is 2.71. The predicted molar refractivity (Wildman–Crippen MR) is 68.0 cm³/mol. The van der Waals surface area contributed by atoms with Gasteiger partial charge in [-0.1, -0.05) is 11.6 Å². The second-order valence-electron chi connectivity index (χ2n) is 4.03. The van der Waals surface area contributed by atoms with Gasteiger partial charge in [0.1, 0.15) is 5.82 Å². The predicted octanol–water partition coefficient (Wildman–Crippen LogP) is 2.97. The number of hydrogen-bond acceptors (Lipinski definition) is 2. The number of nitrogens with zero attached hydrogens (tertiary/aromatic N) is 2. The number of benzene rings is 1. The molecule has 96 valence electrons. The topological polar surface area (TPSA) is 38.0 Å². The van der Waals surface area contributed by atoms with Gasteiger partial charge in [-0.05, 0) is 36.8 Å². The third-order valence-electron chi connectivity index (χ3n) is 2.81. The molecule has 0 aliphatic heterocycles. The van der Waals surface area contributed by atoms with Crippen molar-refractivity contribution in [3.05, 3.63) is 52.6 Å². The summed E-state index contributed by atoms with van der Waals surface area (Å²) in [7, 11) is 0. The second-order valence-corrected chi connectivity index (χ2v) is 4.46. The summed E-state index contributed by atoms with van der Waals surface area (Å²) in [5, 5.41) is 14.7. The molecule has 3 nitrogen and oxygen atoms in total. The van der Waals surface area contributed by atoms with Crippen LogP contribution in [0.5, 0.6) is 0 Å². The van der Waals surface area contributed by atoms with Gasteiger partial charge in [0.15, 0.2) is 0 Å². The highest BCUT2D eigenvalue weighted by Crippen LogP contribution is 2.22. The molecule has 18 heavy (non-hydrogen) atoms. The van der Waals surface area contributed by atoms with Gasteiger partial charge in [0.05, 0.1) is 11.8 Å². The number of halogens is 2.